The highest BCUT2D eigenvalue weighted by atomic mass is 19.4. The third-order valence-corrected chi connectivity index (χ3v) is 3.22. The first kappa shape index (κ1) is 16.2. The van der Waals surface area contributed by atoms with Gasteiger partial charge in [0.2, 0.25) is 0 Å². The molecule has 0 aliphatic carbocycles. The number of alkyl halides is 3. The minimum Gasteiger partial charge on any atom is -0.295 e. The Morgan fingerprint density at radius 3 is 2.36 bits per heavy atom. The molecule has 2 rings (SSSR count). The van der Waals surface area contributed by atoms with E-state index in [1.54, 1.807) is 11.9 Å². The van der Waals surface area contributed by atoms with Gasteiger partial charge in [0.25, 0.3) is 0 Å². The fraction of sp³-hybridized carbons (Fsp3) is 0.235. The minimum atomic E-state index is -4.44. The fourth-order valence-corrected chi connectivity index (χ4v) is 2.16. The van der Waals surface area contributed by atoms with Gasteiger partial charge in [-0.05, 0) is 24.7 Å². The first-order chi connectivity index (χ1) is 10.4. The number of carbonyl (C=O) groups excluding carboxylic acids is 1. The Labute approximate surface area is 127 Å². The summed E-state index contributed by atoms with van der Waals surface area (Å²) in [4.78, 5) is 13.9. The number of Topliss-reactive ketones (excluding diaryl/α,β-unsaturated/α-hetero) is 1. The zero-order valence-corrected chi connectivity index (χ0v) is 12.1. The molecule has 0 atom stereocenters. The van der Waals surface area contributed by atoms with E-state index < -0.39 is 11.7 Å². The fourth-order valence-electron chi connectivity index (χ4n) is 2.16. The summed E-state index contributed by atoms with van der Waals surface area (Å²) in [5.74, 6) is -0.329. The molecule has 0 spiro atoms. The number of rotatable bonds is 5. The molecule has 0 saturated heterocycles. The molecule has 0 amide bonds. The van der Waals surface area contributed by atoms with Gasteiger partial charge in [0.05, 0.1) is 12.1 Å². The van der Waals surface area contributed by atoms with E-state index >= 15 is 0 Å². The molecule has 22 heavy (non-hydrogen) atoms. The van der Waals surface area contributed by atoms with Gasteiger partial charge in [-0.3, -0.25) is 9.69 Å². The van der Waals surface area contributed by atoms with Gasteiger partial charge in [-0.15, -0.1) is 0 Å². The molecule has 0 fully saturated rings. The van der Waals surface area contributed by atoms with Gasteiger partial charge in [-0.25, -0.2) is 0 Å². The van der Waals surface area contributed by atoms with Crippen LogP contribution in [0.3, 0.4) is 0 Å². The van der Waals surface area contributed by atoms with E-state index in [9.17, 15) is 18.0 Å². The van der Waals surface area contributed by atoms with Gasteiger partial charge in [-0.1, -0.05) is 42.5 Å². The van der Waals surface area contributed by atoms with Crippen molar-refractivity contribution in [3.8, 4) is 0 Å². The number of ketones is 1. The van der Waals surface area contributed by atoms with Crippen molar-refractivity contribution in [3.63, 3.8) is 0 Å². The highest BCUT2D eigenvalue weighted by molar-refractivity contribution is 5.97. The molecule has 5 heteroatoms. The quantitative estimate of drug-likeness (QED) is 0.778. The summed E-state index contributed by atoms with van der Waals surface area (Å²) in [6.45, 7) is 0.627. The summed E-state index contributed by atoms with van der Waals surface area (Å²) in [6.07, 6.45) is -4.44. The highest BCUT2D eigenvalue weighted by Gasteiger charge is 2.30. The molecular formula is C17H16F3NO. The number of likely N-dealkylation sites (N-methyl/N-ethyl adjacent to an activating group) is 1. The van der Waals surface area contributed by atoms with E-state index in [1.165, 1.54) is 12.1 Å². The number of nitrogens with zero attached hydrogens (tertiary/aromatic N) is 1. The molecule has 0 aliphatic heterocycles. The second kappa shape index (κ2) is 6.75. The topological polar surface area (TPSA) is 20.3 Å². The van der Waals surface area contributed by atoms with Gasteiger partial charge >= 0.3 is 6.18 Å². The van der Waals surface area contributed by atoms with Gasteiger partial charge in [0.15, 0.2) is 5.78 Å². The second-order valence-electron chi connectivity index (χ2n) is 5.16. The van der Waals surface area contributed by atoms with Crippen LogP contribution in [0.1, 0.15) is 21.5 Å². The van der Waals surface area contributed by atoms with Crippen LogP contribution in [0.4, 0.5) is 13.2 Å². The number of halogens is 3. The summed E-state index contributed by atoms with van der Waals surface area (Å²) >= 11 is 0. The third kappa shape index (κ3) is 4.43. The van der Waals surface area contributed by atoms with Crippen molar-refractivity contribution in [3.05, 3.63) is 71.3 Å². The maximum Gasteiger partial charge on any atom is 0.416 e. The van der Waals surface area contributed by atoms with Crippen LogP contribution in [0.25, 0.3) is 0 Å². The highest BCUT2D eigenvalue weighted by Crippen LogP contribution is 2.29. The summed E-state index contributed by atoms with van der Waals surface area (Å²) in [7, 11) is 1.76. The average Bonchev–Trinajstić information content (AvgIpc) is 2.47. The van der Waals surface area contributed by atoms with Crippen LogP contribution in [0.15, 0.2) is 54.6 Å². The average molecular weight is 307 g/mol. The number of hydrogen-bond acceptors (Lipinski definition) is 2. The summed E-state index contributed by atoms with van der Waals surface area (Å²) < 4.78 is 38.0. The Balaban J connectivity index is 2.03. The Kier molecular flexibility index (Phi) is 4.98. The molecule has 0 aromatic heterocycles. The van der Waals surface area contributed by atoms with Gasteiger partial charge < -0.3 is 0 Å². The van der Waals surface area contributed by atoms with Crippen molar-refractivity contribution < 1.29 is 18.0 Å². The van der Waals surface area contributed by atoms with Gasteiger partial charge in [-0.2, -0.15) is 13.2 Å². The molecule has 0 unspecified atom stereocenters. The minimum absolute atomic E-state index is 0.0657. The van der Waals surface area contributed by atoms with Crippen LogP contribution in [0, 0.1) is 0 Å². The SMILES string of the molecule is CN(CC(=O)c1cccc(C(F)(F)F)c1)Cc1ccccc1. The summed E-state index contributed by atoms with van der Waals surface area (Å²) in [5, 5.41) is 0. The van der Waals surface area contributed by atoms with E-state index in [4.69, 9.17) is 0 Å². The standard InChI is InChI=1S/C17H16F3NO/c1-21(11-13-6-3-2-4-7-13)12-16(22)14-8-5-9-15(10-14)17(18,19)20/h2-10H,11-12H2,1H3. The maximum absolute atomic E-state index is 12.7. The molecule has 2 nitrogen and oxygen atoms in total. The molecular weight excluding hydrogens is 291 g/mol. The van der Waals surface area contributed by atoms with Crippen LogP contribution in [0.5, 0.6) is 0 Å². The van der Waals surface area contributed by atoms with Gasteiger partial charge in [0.1, 0.15) is 0 Å². The van der Waals surface area contributed by atoms with Crippen molar-refractivity contribution in [1.29, 1.82) is 0 Å². The Morgan fingerprint density at radius 1 is 1.05 bits per heavy atom. The van der Waals surface area contributed by atoms with Crippen molar-refractivity contribution in [2.45, 2.75) is 12.7 Å². The summed E-state index contributed by atoms with van der Waals surface area (Å²) in [6, 6.07) is 14.1. The van der Waals surface area contributed by atoms with Crippen LogP contribution < -0.4 is 0 Å². The van der Waals surface area contributed by atoms with Crippen LogP contribution in [-0.2, 0) is 12.7 Å². The molecule has 0 saturated carbocycles. The number of carbonyl (C=O) groups is 1. The second-order valence-corrected chi connectivity index (χ2v) is 5.16. The molecule has 0 heterocycles. The predicted octanol–water partition coefficient (Wildman–Crippen LogP) is 4.02. The number of benzene rings is 2. The molecule has 116 valence electrons. The van der Waals surface area contributed by atoms with E-state index in [0.717, 1.165) is 17.7 Å². The Hall–Kier alpha value is -2.14. The predicted molar refractivity (Wildman–Crippen MR) is 78.6 cm³/mol. The lowest BCUT2D eigenvalue weighted by molar-refractivity contribution is -0.137. The zero-order chi connectivity index (χ0) is 16.2. The van der Waals surface area contributed by atoms with Gasteiger partial charge in [0, 0.05) is 12.1 Å². The first-order valence-electron chi connectivity index (χ1n) is 6.79. The van der Waals surface area contributed by atoms with Crippen molar-refractivity contribution >= 4 is 5.78 Å². The van der Waals surface area contributed by atoms with E-state index in [1.807, 2.05) is 30.3 Å². The largest absolute Gasteiger partial charge is 0.416 e. The van der Waals surface area contributed by atoms with Crippen molar-refractivity contribution in [2.24, 2.45) is 0 Å². The summed E-state index contributed by atoms with van der Waals surface area (Å²) in [5.41, 5.74) is 0.320. The van der Waals surface area contributed by atoms with Crippen LogP contribution >= 0.6 is 0 Å². The first-order valence-corrected chi connectivity index (χ1v) is 6.79. The molecule has 0 radical (unpaired) electrons. The monoisotopic (exact) mass is 307 g/mol. The van der Waals surface area contributed by atoms with E-state index in [0.29, 0.717) is 6.54 Å². The van der Waals surface area contributed by atoms with Crippen LogP contribution in [0.2, 0.25) is 0 Å². The van der Waals surface area contributed by atoms with Crippen LogP contribution in [-0.4, -0.2) is 24.3 Å². The maximum atomic E-state index is 12.7. The van der Waals surface area contributed by atoms with Crippen molar-refractivity contribution in [1.82, 2.24) is 4.90 Å². The molecule has 0 aliphatic rings. The van der Waals surface area contributed by atoms with E-state index in [-0.39, 0.29) is 17.9 Å². The lowest BCUT2D eigenvalue weighted by atomic mass is 10.1. The Morgan fingerprint density at radius 2 is 1.73 bits per heavy atom. The molecule has 0 N–H and O–H groups in total. The zero-order valence-electron chi connectivity index (χ0n) is 12.1. The smallest absolute Gasteiger partial charge is 0.295 e. The molecule has 0 bridgehead atoms. The Bertz CT molecular complexity index is 638. The normalized spacial score (nSPS) is 11.7. The molecule has 2 aromatic rings. The van der Waals surface area contributed by atoms with Crippen molar-refractivity contribution in [2.75, 3.05) is 13.6 Å². The lowest BCUT2D eigenvalue weighted by Crippen LogP contribution is -2.25. The lowest BCUT2D eigenvalue weighted by Gasteiger charge is -2.16. The molecule has 2 aromatic carbocycles. The van der Waals surface area contributed by atoms with E-state index in [2.05, 4.69) is 0 Å². The number of hydrogen-bond donors (Lipinski definition) is 0. The third-order valence-electron chi connectivity index (χ3n) is 3.22.